The van der Waals surface area contributed by atoms with Crippen molar-refractivity contribution >= 4 is 17.8 Å². The summed E-state index contributed by atoms with van der Waals surface area (Å²) >= 11 is 0. The van der Waals surface area contributed by atoms with Crippen molar-refractivity contribution in [2.24, 2.45) is 5.73 Å². The smallest absolute Gasteiger partial charge is 0.342 e. The van der Waals surface area contributed by atoms with Gasteiger partial charge < -0.3 is 41.5 Å². The van der Waals surface area contributed by atoms with E-state index in [2.05, 4.69) is 10.6 Å². The summed E-state index contributed by atoms with van der Waals surface area (Å²) in [6, 6.07) is 6.83. The first-order valence-electron chi connectivity index (χ1n) is 10.7. The third kappa shape index (κ3) is 7.01. The summed E-state index contributed by atoms with van der Waals surface area (Å²) in [6.07, 6.45) is 0.924. The first-order chi connectivity index (χ1) is 16.1. The second kappa shape index (κ2) is 12.3. The average Bonchev–Trinajstić information content (AvgIpc) is 2.80. The zero-order valence-electron chi connectivity index (χ0n) is 18.7. The van der Waals surface area contributed by atoms with Gasteiger partial charge in [-0.2, -0.15) is 0 Å². The number of hydrogen-bond acceptors (Lipinski definition) is 9. The van der Waals surface area contributed by atoms with Crippen molar-refractivity contribution in [1.82, 2.24) is 10.6 Å². The SMILES string of the molecule is CC(OC(=O)c1cccc(O)c1O)C(N)C(=O)NCCCCCNC(=O)c1cccc(O)c1O. The minimum atomic E-state index is -1.14. The molecule has 34 heavy (non-hydrogen) atoms. The molecule has 0 heterocycles. The van der Waals surface area contributed by atoms with Gasteiger partial charge in [0.15, 0.2) is 23.0 Å². The molecule has 11 heteroatoms. The lowest BCUT2D eigenvalue weighted by atomic mass is 10.1. The molecule has 0 saturated carbocycles. The van der Waals surface area contributed by atoms with Crippen LogP contribution in [-0.4, -0.2) is 63.4 Å². The predicted octanol–water partition coefficient (Wildman–Crippen LogP) is 1.10. The number of phenols is 4. The number of carbonyl (C=O) groups is 3. The average molecular weight is 475 g/mol. The molecule has 2 rings (SSSR count). The largest absolute Gasteiger partial charge is 0.504 e. The molecule has 0 fully saturated rings. The Morgan fingerprint density at radius 1 is 0.853 bits per heavy atom. The maximum absolute atomic E-state index is 12.2. The van der Waals surface area contributed by atoms with Crippen LogP contribution in [0.2, 0.25) is 0 Å². The third-order valence-electron chi connectivity index (χ3n) is 5.03. The minimum absolute atomic E-state index is 0.0182. The van der Waals surface area contributed by atoms with Crippen LogP contribution in [0.5, 0.6) is 23.0 Å². The Kier molecular flexibility index (Phi) is 9.50. The van der Waals surface area contributed by atoms with Gasteiger partial charge >= 0.3 is 5.97 Å². The molecule has 2 amide bonds. The Labute approximate surface area is 196 Å². The second-order valence-corrected chi connectivity index (χ2v) is 7.59. The number of benzene rings is 2. The highest BCUT2D eigenvalue weighted by Gasteiger charge is 2.26. The molecular formula is C23H29N3O8. The zero-order valence-corrected chi connectivity index (χ0v) is 18.7. The van der Waals surface area contributed by atoms with Gasteiger partial charge in [0, 0.05) is 13.1 Å². The standard InChI is InChI=1S/C23H29N3O8/c1-13(34-23(33)15-8-6-10-17(28)20(15)30)18(24)22(32)26-12-4-2-3-11-25-21(31)14-7-5-9-16(27)19(14)29/h5-10,13,18,27-30H,2-4,11-12,24H2,1H3,(H,25,31)(H,26,32). The van der Waals surface area contributed by atoms with E-state index >= 15 is 0 Å². The van der Waals surface area contributed by atoms with Crippen LogP contribution < -0.4 is 16.4 Å². The number of rotatable bonds is 11. The summed E-state index contributed by atoms with van der Waals surface area (Å²) in [7, 11) is 0. The first-order valence-corrected chi connectivity index (χ1v) is 10.7. The van der Waals surface area contributed by atoms with Crippen LogP contribution in [0, 0.1) is 0 Å². The van der Waals surface area contributed by atoms with Gasteiger partial charge in [-0.3, -0.25) is 9.59 Å². The van der Waals surface area contributed by atoms with Gasteiger partial charge in [-0.25, -0.2) is 4.79 Å². The molecule has 2 atom stereocenters. The molecule has 184 valence electrons. The van der Waals surface area contributed by atoms with Crippen molar-refractivity contribution < 1.29 is 39.5 Å². The lowest BCUT2D eigenvalue weighted by molar-refractivity contribution is -0.124. The van der Waals surface area contributed by atoms with Crippen LogP contribution >= 0.6 is 0 Å². The number of ether oxygens (including phenoxy) is 1. The Morgan fingerprint density at radius 3 is 2.00 bits per heavy atom. The predicted molar refractivity (Wildman–Crippen MR) is 122 cm³/mol. The Hall–Kier alpha value is -3.99. The highest BCUT2D eigenvalue weighted by molar-refractivity contribution is 5.97. The molecule has 2 unspecified atom stereocenters. The highest BCUT2D eigenvalue weighted by Crippen LogP contribution is 2.29. The monoisotopic (exact) mass is 475 g/mol. The van der Waals surface area contributed by atoms with Crippen molar-refractivity contribution in [2.45, 2.75) is 38.3 Å². The Balaban J connectivity index is 1.65. The molecule has 8 N–H and O–H groups in total. The molecule has 11 nitrogen and oxygen atoms in total. The van der Waals surface area contributed by atoms with Crippen molar-refractivity contribution in [1.29, 1.82) is 0 Å². The van der Waals surface area contributed by atoms with Crippen LogP contribution in [0.15, 0.2) is 36.4 Å². The number of carbonyl (C=O) groups excluding carboxylic acids is 3. The normalized spacial score (nSPS) is 12.4. The van der Waals surface area contributed by atoms with Gasteiger partial charge in [-0.05, 0) is 50.5 Å². The van der Waals surface area contributed by atoms with Crippen molar-refractivity contribution in [3.63, 3.8) is 0 Å². The maximum atomic E-state index is 12.2. The number of amides is 2. The molecule has 0 aliphatic carbocycles. The molecule has 0 aromatic heterocycles. The van der Waals surface area contributed by atoms with E-state index < -0.39 is 47.2 Å². The van der Waals surface area contributed by atoms with Gasteiger partial charge in [0.2, 0.25) is 5.91 Å². The highest BCUT2D eigenvalue weighted by atomic mass is 16.5. The van der Waals surface area contributed by atoms with Crippen LogP contribution in [0.25, 0.3) is 0 Å². The van der Waals surface area contributed by atoms with Crippen molar-refractivity contribution in [2.75, 3.05) is 13.1 Å². The number of aromatic hydroxyl groups is 4. The number of esters is 1. The number of phenolic OH excluding ortho intramolecular Hbond substituents is 4. The summed E-state index contributed by atoms with van der Waals surface area (Å²) in [5.41, 5.74) is 5.58. The summed E-state index contributed by atoms with van der Waals surface area (Å²) < 4.78 is 5.12. The van der Waals surface area contributed by atoms with Crippen LogP contribution in [0.1, 0.15) is 46.9 Å². The van der Waals surface area contributed by atoms with Gasteiger partial charge in [0.1, 0.15) is 17.7 Å². The molecule has 2 aromatic rings. The van der Waals surface area contributed by atoms with Gasteiger partial charge in [0.05, 0.1) is 5.56 Å². The van der Waals surface area contributed by atoms with E-state index in [0.29, 0.717) is 32.4 Å². The van der Waals surface area contributed by atoms with E-state index in [9.17, 15) is 34.8 Å². The molecule has 0 aliphatic rings. The fourth-order valence-electron chi connectivity index (χ4n) is 2.98. The van der Waals surface area contributed by atoms with E-state index in [0.717, 1.165) is 0 Å². The zero-order chi connectivity index (χ0) is 25.3. The van der Waals surface area contributed by atoms with E-state index in [1.165, 1.54) is 43.3 Å². The summed E-state index contributed by atoms with van der Waals surface area (Å²) in [4.78, 5) is 36.4. The summed E-state index contributed by atoms with van der Waals surface area (Å²) in [5.74, 6) is -3.89. The minimum Gasteiger partial charge on any atom is -0.504 e. The van der Waals surface area contributed by atoms with Crippen LogP contribution in [0.4, 0.5) is 0 Å². The van der Waals surface area contributed by atoms with E-state index in [1.54, 1.807) is 0 Å². The molecule has 0 bridgehead atoms. The maximum Gasteiger partial charge on any atom is 0.342 e. The van der Waals surface area contributed by atoms with Crippen molar-refractivity contribution in [3.8, 4) is 23.0 Å². The lowest BCUT2D eigenvalue weighted by Crippen LogP contribution is -2.48. The number of para-hydroxylation sites is 2. The topological polar surface area (TPSA) is 191 Å². The number of nitrogens with two attached hydrogens (primary N) is 1. The van der Waals surface area contributed by atoms with E-state index in [1.807, 2.05) is 0 Å². The number of nitrogens with one attached hydrogen (secondary N) is 2. The molecular weight excluding hydrogens is 446 g/mol. The lowest BCUT2D eigenvalue weighted by Gasteiger charge is -2.20. The summed E-state index contributed by atoms with van der Waals surface area (Å²) in [6.45, 7) is 2.10. The molecule has 0 aliphatic heterocycles. The third-order valence-corrected chi connectivity index (χ3v) is 5.03. The molecule has 2 aromatic carbocycles. The summed E-state index contributed by atoms with van der Waals surface area (Å²) in [5, 5.41) is 43.6. The second-order valence-electron chi connectivity index (χ2n) is 7.59. The van der Waals surface area contributed by atoms with Crippen LogP contribution in [0.3, 0.4) is 0 Å². The molecule has 0 saturated heterocycles. The van der Waals surface area contributed by atoms with Gasteiger partial charge in [-0.1, -0.05) is 12.1 Å². The first kappa shape index (κ1) is 26.3. The van der Waals surface area contributed by atoms with E-state index in [-0.39, 0.29) is 16.9 Å². The van der Waals surface area contributed by atoms with Gasteiger partial charge in [0.25, 0.3) is 5.91 Å². The van der Waals surface area contributed by atoms with Gasteiger partial charge in [-0.15, -0.1) is 0 Å². The van der Waals surface area contributed by atoms with Crippen molar-refractivity contribution in [3.05, 3.63) is 47.5 Å². The number of hydrogen-bond donors (Lipinski definition) is 7. The van der Waals surface area contributed by atoms with E-state index in [4.69, 9.17) is 10.5 Å². The fraction of sp³-hybridized carbons (Fsp3) is 0.348. The fourth-order valence-corrected chi connectivity index (χ4v) is 2.98. The quantitative estimate of drug-likeness (QED) is 0.142. The molecule has 0 spiro atoms. The molecule has 0 radical (unpaired) electrons. The number of unbranched alkanes of at least 4 members (excludes halogenated alkanes) is 2. The Morgan fingerprint density at radius 2 is 1.38 bits per heavy atom. The van der Waals surface area contributed by atoms with Crippen LogP contribution in [-0.2, 0) is 9.53 Å². The Bertz CT molecular complexity index is 1030.